The van der Waals surface area contributed by atoms with E-state index in [4.69, 9.17) is 6.57 Å². The van der Waals surface area contributed by atoms with Gasteiger partial charge < -0.3 is 9.13 Å². The molecule has 13 heteroatoms. The molecule has 0 N–H and O–H groups in total. The lowest BCUT2D eigenvalue weighted by molar-refractivity contribution is -0.137. The molecule has 11 aromatic rings. The maximum absolute atomic E-state index is 14.0. The fraction of sp³-hybridized carbons (Fsp3) is 0.0909. The van der Waals surface area contributed by atoms with E-state index >= 15 is 0 Å². The lowest BCUT2D eigenvalue weighted by Gasteiger charge is -2.20. The molecule has 4 heterocycles. The second kappa shape index (κ2) is 15.8. The second-order valence-corrected chi connectivity index (χ2v) is 16.6. The van der Waals surface area contributed by atoms with Gasteiger partial charge in [0.1, 0.15) is 23.3 Å². The molecule has 0 atom stereocenters. The molecular formula is C55H35F3N10. The molecule has 0 aliphatic heterocycles. The van der Waals surface area contributed by atoms with Crippen molar-refractivity contribution in [1.82, 2.24) is 39.0 Å². The Kier molecular flexibility index (Phi) is 9.69. The lowest BCUT2D eigenvalue weighted by atomic mass is 9.93. The summed E-state index contributed by atoms with van der Waals surface area (Å²) in [6.07, 6.45) is -4.63. The Bertz CT molecular complexity index is 3960. The van der Waals surface area contributed by atoms with Gasteiger partial charge >= 0.3 is 6.18 Å². The number of aryl methyl sites for hydroxylation is 4. The average molecular weight is 893 g/mol. The van der Waals surface area contributed by atoms with Crippen LogP contribution in [-0.2, 0) is 6.18 Å². The summed E-state index contributed by atoms with van der Waals surface area (Å²) >= 11 is 0. The highest BCUT2D eigenvalue weighted by Crippen LogP contribution is 2.45. The Morgan fingerprint density at radius 2 is 0.985 bits per heavy atom. The van der Waals surface area contributed by atoms with Gasteiger partial charge in [0.15, 0.2) is 17.3 Å². The van der Waals surface area contributed by atoms with Crippen LogP contribution in [0.4, 0.5) is 18.9 Å². The third-order valence-electron chi connectivity index (χ3n) is 12.2. The van der Waals surface area contributed by atoms with Crippen molar-refractivity contribution in [3.8, 4) is 62.5 Å². The zero-order valence-electron chi connectivity index (χ0n) is 36.9. The number of benzene rings is 7. The Hall–Kier alpha value is -9.07. The first-order valence-corrected chi connectivity index (χ1v) is 21.6. The number of para-hydroxylation sites is 2. The molecule has 4 aromatic heterocycles. The molecule has 0 unspecified atom stereocenters. The van der Waals surface area contributed by atoms with Crippen LogP contribution in [-0.4, -0.2) is 39.0 Å². The molecule has 0 bridgehead atoms. The van der Waals surface area contributed by atoms with E-state index in [1.54, 1.807) is 6.07 Å². The van der Waals surface area contributed by atoms with Crippen LogP contribution in [0, 0.1) is 45.6 Å². The van der Waals surface area contributed by atoms with Crippen molar-refractivity contribution in [2.45, 2.75) is 33.9 Å². The van der Waals surface area contributed by atoms with E-state index in [-0.39, 0.29) is 5.69 Å². The minimum absolute atomic E-state index is 0.131. The van der Waals surface area contributed by atoms with Crippen molar-refractivity contribution < 1.29 is 13.2 Å². The molecule has 0 aliphatic rings. The van der Waals surface area contributed by atoms with E-state index in [2.05, 4.69) is 80.3 Å². The van der Waals surface area contributed by atoms with Crippen LogP contribution in [0.25, 0.3) is 105 Å². The number of hydrogen-bond donors (Lipinski definition) is 0. The molecule has 11 rings (SSSR count). The van der Waals surface area contributed by atoms with Gasteiger partial charge in [-0.15, -0.1) is 0 Å². The standard InChI is InChI=1S/C55H35F3N10/c1-30-61-31(2)64-53(63-30)36-16-22-50-44(26-36)40-10-6-8-12-47(40)67(50)49-21-15-35(39-20-18-38(55(56,57)58)28-46(39)60-5)25-43(49)42-19-14-34(29-59)24-52(42)68-48-13-9-7-11-41(48)45-27-37(17-23-51(45)68)54-65-32(3)62-33(4)66-54/h6-28H,1-4H3. The number of halogens is 3. The molecule has 0 radical (unpaired) electrons. The highest BCUT2D eigenvalue weighted by Gasteiger charge is 2.31. The van der Waals surface area contributed by atoms with Crippen LogP contribution in [0.2, 0.25) is 0 Å². The van der Waals surface area contributed by atoms with Gasteiger partial charge in [0.25, 0.3) is 0 Å². The fourth-order valence-corrected chi connectivity index (χ4v) is 9.41. The van der Waals surface area contributed by atoms with E-state index in [0.717, 1.165) is 78.1 Å². The molecule has 0 saturated heterocycles. The molecule has 10 nitrogen and oxygen atoms in total. The SMILES string of the molecule is [C-]#[N+]c1cc(C(F)(F)F)ccc1-c1ccc(-n2c3ccccc3c3cc(-c4nc(C)nc(C)n4)ccc32)c(-c2ccc(C#N)cc2-n2c3ccccc3c3cc(-c4nc(C)nc(C)n4)ccc32)c1. The van der Waals surface area contributed by atoms with Crippen molar-refractivity contribution in [3.05, 3.63) is 185 Å². The fourth-order valence-electron chi connectivity index (χ4n) is 9.41. The summed E-state index contributed by atoms with van der Waals surface area (Å²) < 4.78 is 46.3. The first kappa shape index (κ1) is 41.6. The zero-order valence-corrected chi connectivity index (χ0v) is 36.9. The Balaban J connectivity index is 1.21. The molecule has 0 fully saturated rings. The van der Waals surface area contributed by atoms with Crippen molar-refractivity contribution in [2.24, 2.45) is 0 Å². The van der Waals surface area contributed by atoms with E-state index in [9.17, 15) is 18.4 Å². The van der Waals surface area contributed by atoms with Crippen LogP contribution in [0.1, 0.15) is 34.4 Å². The van der Waals surface area contributed by atoms with Crippen LogP contribution < -0.4 is 0 Å². The quantitative estimate of drug-likeness (QED) is 0.153. The minimum atomic E-state index is -4.63. The molecular weight excluding hydrogens is 858 g/mol. The van der Waals surface area contributed by atoms with Crippen LogP contribution in [0.15, 0.2) is 140 Å². The number of hydrogen-bond acceptors (Lipinski definition) is 7. The van der Waals surface area contributed by atoms with Crippen LogP contribution in [0.5, 0.6) is 0 Å². The minimum Gasteiger partial charge on any atom is -0.309 e. The third-order valence-corrected chi connectivity index (χ3v) is 12.2. The number of nitriles is 1. The molecule has 0 spiro atoms. The zero-order chi connectivity index (χ0) is 47.0. The van der Waals surface area contributed by atoms with E-state index in [1.807, 2.05) is 113 Å². The number of nitrogens with zero attached hydrogens (tertiary/aromatic N) is 10. The maximum atomic E-state index is 14.0. The third kappa shape index (κ3) is 6.96. The van der Waals surface area contributed by atoms with Gasteiger partial charge in [-0.05, 0) is 118 Å². The first-order chi connectivity index (χ1) is 32.9. The number of aromatic nitrogens is 8. The lowest BCUT2D eigenvalue weighted by Crippen LogP contribution is -2.04. The highest BCUT2D eigenvalue weighted by atomic mass is 19.4. The molecule has 68 heavy (non-hydrogen) atoms. The molecule has 326 valence electrons. The number of fused-ring (bicyclic) bond motifs is 6. The van der Waals surface area contributed by atoms with Gasteiger partial charge in [-0.25, -0.2) is 34.7 Å². The molecule has 0 amide bonds. The normalized spacial score (nSPS) is 11.7. The predicted octanol–water partition coefficient (Wildman–Crippen LogP) is 13.6. The summed E-state index contributed by atoms with van der Waals surface area (Å²) in [5, 5.41) is 14.3. The number of rotatable bonds is 6. The summed E-state index contributed by atoms with van der Waals surface area (Å²) in [6, 6.07) is 45.3. The summed E-state index contributed by atoms with van der Waals surface area (Å²) in [7, 11) is 0. The van der Waals surface area contributed by atoms with Crippen molar-refractivity contribution >= 4 is 49.3 Å². The summed E-state index contributed by atoms with van der Waals surface area (Å²) in [5.41, 5.74) is 8.30. The van der Waals surface area contributed by atoms with Crippen molar-refractivity contribution in [2.75, 3.05) is 0 Å². The second-order valence-electron chi connectivity index (χ2n) is 16.6. The van der Waals surface area contributed by atoms with Gasteiger partial charge in [-0.3, -0.25) is 0 Å². The van der Waals surface area contributed by atoms with Gasteiger partial charge in [0.05, 0.1) is 51.6 Å². The smallest absolute Gasteiger partial charge is 0.309 e. The maximum Gasteiger partial charge on any atom is 0.415 e. The van der Waals surface area contributed by atoms with Crippen molar-refractivity contribution in [1.29, 1.82) is 5.26 Å². The van der Waals surface area contributed by atoms with Gasteiger partial charge in [-0.1, -0.05) is 60.7 Å². The first-order valence-electron chi connectivity index (χ1n) is 21.6. The van der Waals surface area contributed by atoms with Gasteiger partial charge in [0, 0.05) is 49.4 Å². The molecule has 0 aliphatic carbocycles. The highest BCUT2D eigenvalue weighted by molar-refractivity contribution is 6.13. The summed E-state index contributed by atoms with van der Waals surface area (Å²) in [6.45, 7) is 15.4. The summed E-state index contributed by atoms with van der Waals surface area (Å²) in [4.78, 5) is 31.0. The average Bonchev–Trinajstić information content (AvgIpc) is 3.84. The molecule has 0 saturated carbocycles. The summed E-state index contributed by atoms with van der Waals surface area (Å²) in [5.74, 6) is 3.57. The monoisotopic (exact) mass is 892 g/mol. The van der Waals surface area contributed by atoms with Gasteiger partial charge in [-0.2, -0.15) is 18.4 Å². The van der Waals surface area contributed by atoms with E-state index < -0.39 is 11.7 Å². The van der Waals surface area contributed by atoms with Crippen molar-refractivity contribution in [3.63, 3.8) is 0 Å². The largest absolute Gasteiger partial charge is 0.415 e. The Labute approximate surface area is 387 Å². The van der Waals surface area contributed by atoms with E-state index in [1.165, 1.54) is 6.07 Å². The molecule has 7 aromatic carbocycles. The van der Waals surface area contributed by atoms with E-state index in [0.29, 0.717) is 62.9 Å². The topological polar surface area (TPSA) is 115 Å². The Morgan fingerprint density at radius 1 is 0.485 bits per heavy atom. The van der Waals surface area contributed by atoms with Crippen LogP contribution >= 0.6 is 0 Å². The van der Waals surface area contributed by atoms with Gasteiger partial charge in [0.2, 0.25) is 0 Å². The van der Waals surface area contributed by atoms with Crippen LogP contribution in [0.3, 0.4) is 0 Å². The number of alkyl halides is 3. The predicted molar refractivity (Wildman–Crippen MR) is 259 cm³/mol. The Morgan fingerprint density at radius 3 is 1.51 bits per heavy atom.